The molecule has 2 aromatic rings. The summed E-state index contributed by atoms with van der Waals surface area (Å²) in [5.41, 5.74) is 1.58. The summed E-state index contributed by atoms with van der Waals surface area (Å²) < 4.78 is 44.6. The van der Waals surface area contributed by atoms with Gasteiger partial charge in [0.15, 0.2) is 0 Å². The summed E-state index contributed by atoms with van der Waals surface area (Å²) in [6.07, 6.45) is -1.83. The number of nitrogens with one attached hydrogen (secondary N) is 1. The first-order chi connectivity index (χ1) is 12.3. The van der Waals surface area contributed by atoms with Gasteiger partial charge in [0.1, 0.15) is 5.75 Å². The van der Waals surface area contributed by atoms with Crippen LogP contribution in [0, 0.1) is 0 Å². The normalized spacial score (nSPS) is 11.5. The number of hydrazine groups is 2. The summed E-state index contributed by atoms with van der Waals surface area (Å²) >= 11 is 0. The predicted octanol–water partition coefficient (Wildman–Crippen LogP) is 3.15. The molecule has 0 saturated heterocycles. The van der Waals surface area contributed by atoms with Gasteiger partial charge in [-0.2, -0.15) is 13.2 Å². The van der Waals surface area contributed by atoms with Crippen LogP contribution in [0.15, 0.2) is 42.5 Å². The molecule has 5 N–H and O–H groups in total. The Kier molecular flexibility index (Phi) is 5.86. The first kappa shape index (κ1) is 19.3. The van der Waals surface area contributed by atoms with Crippen molar-refractivity contribution >= 4 is 23.9 Å². The molecule has 26 heavy (non-hydrogen) atoms. The number of anilines is 1. The first-order valence-corrected chi connectivity index (χ1v) is 7.36. The molecule has 0 saturated carbocycles. The summed E-state index contributed by atoms with van der Waals surface area (Å²) in [6, 6.07) is 9.00. The highest BCUT2D eigenvalue weighted by molar-refractivity contribution is 5.94. The van der Waals surface area contributed by atoms with Crippen LogP contribution in [0.5, 0.6) is 5.75 Å². The quantitative estimate of drug-likeness (QED) is 0.335. The third-order valence-corrected chi connectivity index (χ3v) is 3.56. The van der Waals surface area contributed by atoms with Crippen LogP contribution in [0.3, 0.4) is 0 Å². The maximum absolute atomic E-state index is 13.1. The van der Waals surface area contributed by atoms with Crippen LogP contribution in [0.4, 0.5) is 23.7 Å². The van der Waals surface area contributed by atoms with Crippen molar-refractivity contribution in [2.45, 2.75) is 6.18 Å². The van der Waals surface area contributed by atoms with Crippen molar-refractivity contribution in [2.24, 2.45) is 11.7 Å². The van der Waals surface area contributed by atoms with E-state index in [4.69, 9.17) is 16.4 Å². The molecule has 0 aromatic heterocycles. The summed E-state index contributed by atoms with van der Waals surface area (Å²) in [5, 5.41) is 0.734. The van der Waals surface area contributed by atoms with Crippen LogP contribution in [-0.2, 0) is 6.18 Å². The number of carbonyl (C=O) groups is 1. The second-order valence-electron chi connectivity index (χ2n) is 5.13. The van der Waals surface area contributed by atoms with E-state index in [-0.39, 0.29) is 11.3 Å². The van der Waals surface area contributed by atoms with Crippen LogP contribution < -0.4 is 26.9 Å². The molecule has 0 bridgehead atoms. The van der Waals surface area contributed by atoms with E-state index in [0.717, 1.165) is 11.1 Å². The highest BCUT2D eigenvalue weighted by atomic mass is 19.4. The zero-order valence-electron chi connectivity index (χ0n) is 13.7. The Labute approximate surface area is 147 Å². The fourth-order valence-electron chi connectivity index (χ4n) is 2.34. The topological polar surface area (TPSA) is 93.6 Å². The zero-order valence-corrected chi connectivity index (χ0v) is 13.7. The van der Waals surface area contributed by atoms with Crippen molar-refractivity contribution < 1.29 is 22.7 Å². The van der Waals surface area contributed by atoms with Crippen LogP contribution in [0.2, 0.25) is 0 Å². The number of halogens is 3. The highest BCUT2D eigenvalue weighted by Gasteiger charge is 2.32. The first-order valence-electron chi connectivity index (χ1n) is 7.36. The Bertz CT molecular complexity index is 822. The van der Waals surface area contributed by atoms with Crippen molar-refractivity contribution in [1.29, 1.82) is 0 Å². The van der Waals surface area contributed by atoms with Gasteiger partial charge in [-0.15, -0.1) is 0 Å². The van der Waals surface area contributed by atoms with Gasteiger partial charge in [-0.3, -0.25) is 5.43 Å². The lowest BCUT2D eigenvalue weighted by Gasteiger charge is -2.19. The van der Waals surface area contributed by atoms with E-state index in [0.29, 0.717) is 11.3 Å². The predicted molar refractivity (Wildman–Crippen MR) is 92.8 cm³/mol. The summed E-state index contributed by atoms with van der Waals surface area (Å²) in [6.45, 7) is 0. The number of benzene rings is 2. The number of carbonyl (C=O) groups excluding carboxylic acids is 1. The molecule has 2 amide bonds. The lowest BCUT2D eigenvalue weighted by atomic mass is 10.0. The molecule has 0 radical (unpaired) electrons. The SMILES string of the molecule is COc1cccc(N(N)C(=O)NN)c1/C=C/c1ccccc1C(F)(F)F. The van der Waals surface area contributed by atoms with Gasteiger partial charge >= 0.3 is 12.2 Å². The molecule has 0 aliphatic heterocycles. The fourth-order valence-corrected chi connectivity index (χ4v) is 2.34. The minimum atomic E-state index is -4.50. The Morgan fingerprint density at radius 1 is 1.15 bits per heavy atom. The summed E-state index contributed by atoms with van der Waals surface area (Å²) in [4.78, 5) is 11.7. The van der Waals surface area contributed by atoms with Crippen molar-refractivity contribution in [3.8, 4) is 5.75 Å². The van der Waals surface area contributed by atoms with Gasteiger partial charge in [-0.05, 0) is 29.8 Å². The number of urea groups is 1. The van der Waals surface area contributed by atoms with E-state index in [1.807, 2.05) is 5.43 Å². The molecule has 0 spiro atoms. The molecule has 0 fully saturated rings. The molecular formula is C17H17F3N4O2. The van der Waals surface area contributed by atoms with E-state index < -0.39 is 17.8 Å². The van der Waals surface area contributed by atoms with Crippen molar-refractivity contribution in [1.82, 2.24) is 5.43 Å². The Morgan fingerprint density at radius 2 is 1.85 bits per heavy atom. The average Bonchev–Trinajstić information content (AvgIpc) is 2.64. The number of nitrogens with two attached hydrogens (primary N) is 2. The molecule has 0 aliphatic carbocycles. The third kappa shape index (κ3) is 4.13. The van der Waals surface area contributed by atoms with Gasteiger partial charge in [-0.25, -0.2) is 21.5 Å². The molecule has 0 aliphatic rings. The smallest absolute Gasteiger partial charge is 0.416 e. The minimum Gasteiger partial charge on any atom is -0.496 e. The summed E-state index contributed by atoms with van der Waals surface area (Å²) in [5.74, 6) is 11.1. The van der Waals surface area contributed by atoms with E-state index >= 15 is 0 Å². The number of rotatable bonds is 4. The van der Waals surface area contributed by atoms with E-state index in [2.05, 4.69) is 0 Å². The Morgan fingerprint density at radius 3 is 2.46 bits per heavy atom. The number of alkyl halides is 3. The molecule has 0 atom stereocenters. The average molecular weight is 366 g/mol. The number of nitrogens with zero attached hydrogens (tertiary/aromatic N) is 1. The number of hydrogen-bond acceptors (Lipinski definition) is 4. The van der Waals surface area contributed by atoms with Crippen LogP contribution in [0.1, 0.15) is 16.7 Å². The molecule has 0 unspecified atom stereocenters. The monoisotopic (exact) mass is 366 g/mol. The molecule has 2 aromatic carbocycles. The standard InChI is InChI=1S/C17H17F3N4O2/c1-26-15-8-4-7-14(24(22)16(25)23-21)12(15)10-9-11-5-2-3-6-13(11)17(18,19)20/h2-10H,21-22H2,1H3,(H,23,25)/b10-9+. The Balaban J connectivity index is 2.53. The second-order valence-corrected chi connectivity index (χ2v) is 5.13. The molecule has 2 rings (SSSR count). The molecule has 0 heterocycles. The zero-order chi connectivity index (χ0) is 19.3. The number of hydrogen-bond donors (Lipinski definition) is 3. The van der Waals surface area contributed by atoms with E-state index in [1.54, 1.807) is 12.1 Å². The van der Waals surface area contributed by atoms with E-state index in [1.165, 1.54) is 43.5 Å². The molecule has 138 valence electrons. The minimum absolute atomic E-state index is 0.0382. The number of methoxy groups -OCH3 is 1. The summed E-state index contributed by atoms with van der Waals surface area (Å²) in [7, 11) is 1.39. The Hall–Kier alpha value is -3.04. The van der Waals surface area contributed by atoms with Crippen molar-refractivity contribution in [3.63, 3.8) is 0 Å². The van der Waals surface area contributed by atoms with Gasteiger partial charge in [-0.1, -0.05) is 30.3 Å². The van der Waals surface area contributed by atoms with Gasteiger partial charge in [0.05, 0.1) is 18.4 Å². The number of ether oxygens (including phenoxy) is 1. The lowest BCUT2D eigenvalue weighted by Crippen LogP contribution is -2.47. The van der Waals surface area contributed by atoms with Crippen LogP contribution >= 0.6 is 0 Å². The van der Waals surface area contributed by atoms with Crippen molar-refractivity contribution in [3.05, 3.63) is 59.2 Å². The fraction of sp³-hybridized carbons (Fsp3) is 0.118. The van der Waals surface area contributed by atoms with Gasteiger partial charge in [0, 0.05) is 5.56 Å². The maximum Gasteiger partial charge on any atom is 0.416 e. The van der Waals surface area contributed by atoms with Gasteiger partial charge < -0.3 is 4.74 Å². The van der Waals surface area contributed by atoms with Crippen LogP contribution in [0.25, 0.3) is 12.2 Å². The second kappa shape index (κ2) is 7.89. The number of amides is 2. The van der Waals surface area contributed by atoms with Gasteiger partial charge in [0.2, 0.25) is 0 Å². The van der Waals surface area contributed by atoms with Gasteiger partial charge in [0.25, 0.3) is 0 Å². The molecular weight excluding hydrogens is 349 g/mol. The lowest BCUT2D eigenvalue weighted by molar-refractivity contribution is -0.137. The third-order valence-electron chi connectivity index (χ3n) is 3.56. The maximum atomic E-state index is 13.1. The van der Waals surface area contributed by atoms with Crippen LogP contribution in [-0.4, -0.2) is 13.1 Å². The van der Waals surface area contributed by atoms with Crippen molar-refractivity contribution in [2.75, 3.05) is 12.1 Å². The highest BCUT2D eigenvalue weighted by Crippen LogP contribution is 2.34. The van der Waals surface area contributed by atoms with E-state index in [9.17, 15) is 18.0 Å². The molecule has 6 nitrogen and oxygen atoms in total. The largest absolute Gasteiger partial charge is 0.496 e. The molecule has 9 heteroatoms.